The summed E-state index contributed by atoms with van der Waals surface area (Å²) in [7, 11) is 0. The predicted octanol–water partition coefficient (Wildman–Crippen LogP) is 5.03. The summed E-state index contributed by atoms with van der Waals surface area (Å²) in [5, 5.41) is 14.7. The van der Waals surface area contributed by atoms with E-state index in [1.54, 1.807) is 12.1 Å². The molecular formula is C28H26N2O5. The lowest BCUT2D eigenvalue weighted by Gasteiger charge is -2.35. The van der Waals surface area contributed by atoms with Gasteiger partial charge in [-0.1, -0.05) is 54.6 Å². The van der Waals surface area contributed by atoms with Gasteiger partial charge in [0.05, 0.1) is 5.56 Å². The highest BCUT2D eigenvalue weighted by molar-refractivity contribution is 5.94. The van der Waals surface area contributed by atoms with Crippen molar-refractivity contribution in [2.45, 2.75) is 31.2 Å². The van der Waals surface area contributed by atoms with Crippen LogP contribution < -0.4 is 10.6 Å². The van der Waals surface area contributed by atoms with Crippen molar-refractivity contribution >= 4 is 23.7 Å². The van der Waals surface area contributed by atoms with Crippen molar-refractivity contribution in [1.82, 2.24) is 5.32 Å². The Morgan fingerprint density at radius 2 is 1.54 bits per heavy atom. The first-order valence-corrected chi connectivity index (χ1v) is 11.7. The molecular weight excluding hydrogens is 444 g/mol. The molecule has 0 aliphatic heterocycles. The molecule has 7 nitrogen and oxygen atoms in total. The van der Waals surface area contributed by atoms with E-state index in [0.717, 1.165) is 0 Å². The molecule has 0 atom stereocenters. The summed E-state index contributed by atoms with van der Waals surface area (Å²) >= 11 is 0. The van der Waals surface area contributed by atoms with Gasteiger partial charge in [-0.15, -0.1) is 0 Å². The first kappa shape index (κ1) is 22.7. The summed E-state index contributed by atoms with van der Waals surface area (Å²) in [6, 6.07) is 22.6. The van der Waals surface area contributed by atoms with Crippen LogP contribution in [0.2, 0.25) is 0 Å². The number of aromatic carboxylic acids is 1. The number of rotatable bonds is 7. The van der Waals surface area contributed by atoms with E-state index in [0.29, 0.717) is 24.9 Å². The van der Waals surface area contributed by atoms with E-state index in [1.807, 2.05) is 24.3 Å². The van der Waals surface area contributed by atoms with Gasteiger partial charge < -0.3 is 20.5 Å². The maximum absolute atomic E-state index is 12.4. The second kappa shape index (κ2) is 9.62. The maximum Gasteiger partial charge on any atom is 0.407 e. The molecule has 0 heterocycles. The molecule has 3 aromatic rings. The van der Waals surface area contributed by atoms with Crippen LogP contribution in [-0.4, -0.2) is 35.7 Å². The van der Waals surface area contributed by atoms with Crippen LogP contribution in [0.5, 0.6) is 0 Å². The SMILES string of the molecule is O=C(CC1CC(NC(=O)OCC2c3ccccc3-c3ccccc32)C1)Nc1cccc(C(=O)O)c1. The molecule has 3 aromatic carbocycles. The molecule has 5 rings (SSSR count). The number of nitrogens with one attached hydrogen (secondary N) is 2. The molecule has 7 heteroatoms. The van der Waals surface area contributed by atoms with Gasteiger partial charge in [0.2, 0.25) is 5.91 Å². The Morgan fingerprint density at radius 3 is 2.20 bits per heavy atom. The van der Waals surface area contributed by atoms with Crippen LogP contribution in [0.1, 0.15) is 46.7 Å². The molecule has 0 bridgehead atoms. The summed E-state index contributed by atoms with van der Waals surface area (Å²) in [6.07, 6.45) is 1.28. The van der Waals surface area contributed by atoms with Gasteiger partial charge in [0.1, 0.15) is 6.61 Å². The van der Waals surface area contributed by atoms with Crippen molar-refractivity contribution in [1.29, 1.82) is 0 Å². The first-order valence-electron chi connectivity index (χ1n) is 11.7. The number of carboxylic acid groups (broad SMARTS) is 1. The number of benzene rings is 3. The second-order valence-electron chi connectivity index (χ2n) is 9.14. The first-order chi connectivity index (χ1) is 17.0. The Bertz CT molecular complexity index is 1240. The minimum atomic E-state index is -1.04. The molecule has 0 saturated heterocycles. The third-order valence-electron chi connectivity index (χ3n) is 6.77. The summed E-state index contributed by atoms with van der Waals surface area (Å²) in [5.41, 5.74) is 5.30. The number of hydrogen-bond donors (Lipinski definition) is 3. The van der Waals surface area contributed by atoms with Crippen LogP contribution in [0.4, 0.5) is 10.5 Å². The predicted molar refractivity (Wildman–Crippen MR) is 131 cm³/mol. The zero-order valence-corrected chi connectivity index (χ0v) is 19.1. The van der Waals surface area contributed by atoms with Crippen molar-refractivity contribution in [3.8, 4) is 11.1 Å². The zero-order chi connectivity index (χ0) is 24.4. The number of carbonyl (C=O) groups excluding carboxylic acids is 2. The molecule has 0 unspecified atom stereocenters. The third-order valence-corrected chi connectivity index (χ3v) is 6.77. The number of alkyl carbamates (subject to hydrolysis) is 1. The lowest BCUT2D eigenvalue weighted by atomic mass is 9.78. The molecule has 178 valence electrons. The summed E-state index contributed by atoms with van der Waals surface area (Å²) in [6.45, 7) is 0.272. The van der Waals surface area contributed by atoms with Gasteiger partial charge in [0.25, 0.3) is 0 Å². The molecule has 0 aromatic heterocycles. The minimum absolute atomic E-state index is 0.0150. The van der Waals surface area contributed by atoms with Crippen molar-refractivity contribution in [3.63, 3.8) is 0 Å². The molecule has 0 radical (unpaired) electrons. The fourth-order valence-electron chi connectivity index (χ4n) is 5.03. The van der Waals surface area contributed by atoms with Crippen LogP contribution in [-0.2, 0) is 9.53 Å². The Hall–Kier alpha value is -4.13. The van der Waals surface area contributed by atoms with E-state index in [4.69, 9.17) is 9.84 Å². The van der Waals surface area contributed by atoms with Gasteiger partial charge >= 0.3 is 12.1 Å². The minimum Gasteiger partial charge on any atom is -0.478 e. The number of carboxylic acids is 1. The molecule has 2 aliphatic carbocycles. The Labute approximate surface area is 203 Å². The van der Waals surface area contributed by atoms with Crippen LogP contribution >= 0.6 is 0 Å². The van der Waals surface area contributed by atoms with Crippen LogP contribution in [0.3, 0.4) is 0 Å². The molecule has 35 heavy (non-hydrogen) atoms. The molecule has 1 saturated carbocycles. The van der Waals surface area contributed by atoms with Gasteiger partial charge in [-0.2, -0.15) is 0 Å². The monoisotopic (exact) mass is 470 g/mol. The van der Waals surface area contributed by atoms with Crippen LogP contribution in [0.15, 0.2) is 72.8 Å². The zero-order valence-electron chi connectivity index (χ0n) is 19.1. The largest absolute Gasteiger partial charge is 0.478 e. The number of ether oxygens (including phenoxy) is 1. The van der Waals surface area contributed by atoms with E-state index in [-0.39, 0.29) is 36.0 Å². The van der Waals surface area contributed by atoms with Crippen LogP contribution in [0, 0.1) is 5.92 Å². The van der Waals surface area contributed by atoms with Gasteiger partial charge in [-0.3, -0.25) is 4.79 Å². The van der Waals surface area contributed by atoms with E-state index < -0.39 is 12.1 Å². The molecule has 2 aliphatic rings. The highest BCUT2D eigenvalue weighted by atomic mass is 16.5. The normalized spacial score (nSPS) is 18.1. The van der Waals surface area contributed by atoms with Crippen LogP contribution in [0.25, 0.3) is 11.1 Å². The summed E-state index contributed by atoms with van der Waals surface area (Å²) < 4.78 is 5.59. The highest BCUT2D eigenvalue weighted by Gasteiger charge is 2.33. The number of hydrogen-bond acceptors (Lipinski definition) is 4. The van der Waals surface area contributed by atoms with Crippen molar-refractivity contribution < 1.29 is 24.2 Å². The molecule has 3 N–H and O–H groups in total. The molecule has 0 spiro atoms. The third kappa shape index (κ3) is 4.89. The van der Waals surface area contributed by atoms with Gasteiger partial charge in [-0.25, -0.2) is 9.59 Å². The highest BCUT2D eigenvalue weighted by Crippen LogP contribution is 2.44. The average molecular weight is 471 g/mol. The Morgan fingerprint density at radius 1 is 0.886 bits per heavy atom. The second-order valence-corrected chi connectivity index (χ2v) is 9.14. The maximum atomic E-state index is 12.4. The molecule has 2 amide bonds. The van der Waals surface area contributed by atoms with Gasteiger partial charge in [0, 0.05) is 24.1 Å². The number of amides is 2. The number of anilines is 1. The van der Waals surface area contributed by atoms with E-state index in [2.05, 4.69) is 34.9 Å². The van der Waals surface area contributed by atoms with Crippen molar-refractivity contribution in [3.05, 3.63) is 89.5 Å². The van der Waals surface area contributed by atoms with Gasteiger partial charge in [-0.05, 0) is 59.2 Å². The Balaban J connectivity index is 1.07. The summed E-state index contributed by atoms with van der Waals surface area (Å²) in [5.74, 6) is -1.03. The number of fused-ring (bicyclic) bond motifs is 3. The van der Waals surface area contributed by atoms with Crippen molar-refractivity contribution in [2.24, 2.45) is 5.92 Å². The lowest BCUT2D eigenvalue weighted by molar-refractivity contribution is -0.117. The molecule has 1 fully saturated rings. The standard InChI is InChI=1S/C28H26N2O5/c31-26(29-19-7-5-6-18(15-19)27(32)33)14-17-12-20(13-17)30-28(34)35-16-25-23-10-3-1-8-21(23)22-9-2-4-11-24(22)25/h1-11,15,17,20,25H,12-14,16H2,(H,29,31)(H,30,34)(H,32,33). The fraction of sp³-hybridized carbons (Fsp3) is 0.250. The fourth-order valence-corrected chi connectivity index (χ4v) is 5.03. The van der Waals surface area contributed by atoms with Crippen molar-refractivity contribution in [2.75, 3.05) is 11.9 Å². The smallest absolute Gasteiger partial charge is 0.407 e. The average Bonchev–Trinajstić information content (AvgIpc) is 3.15. The van der Waals surface area contributed by atoms with E-state index in [1.165, 1.54) is 34.4 Å². The summed E-state index contributed by atoms with van der Waals surface area (Å²) in [4.78, 5) is 35.8. The quantitative estimate of drug-likeness (QED) is 0.449. The Kier molecular flexibility index (Phi) is 6.23. The van der Waals surface area contributed by atoms with E-state index in [9.17, 15) is 14.4 Å². The topological polar surface area (TPSA) is 105 Å². The lowest BCUT2D eigenvalue weighted by Crippen LogP contribution is -2.45. The van der Waals surface area contributed by atoms with E-state index >= 15 is 0 Å². The number of carbonyl (C=O) groups is 3. The van der Waals surface area contributed by atoms with Gasteiger partial charge in [0.15, 0.2) is 0 Å².